The standard InChI is InChI=1S/C11H19N3O.C10H18N2O3.C10H18N2O2.C9H17N3O2.C9H16N2O2.C8H16N2O2.C8H18N2O/c1-8(2)11(15)12-5-6-14-10(4)7-9(3)13-14;1-8(2)10(14)11-7-9(13)12-3-5-15-6-4-12;1-4-9(13)12-5-8(6-12)11-10(14)7(2)3;1-7(2)8(13)10-3-5-12-6-4-11-9(12)14;1-6(2)9(13)10-8-4-11(5-8)7(3)12;1-6(2)8(12)10-5-4-9-7(3)11;1-6(2)7(11)10-5-8(3,4)9/h7-8H,5-6H2,1-4H3,(H,12,15);8H,3-7H2,1-2H3,(H,11,14);7-8H,4-6H2,1-3H3,(H,11,14);7H,3-6H2,1-2H3,(H,10,13)(H,11,14);6,8H,4-5H2,1-3H3,(H,10,13);6H,4-5H2,1-3H3,(H,9,11)(H,10,12);6H,5,9H2,1-4H3,(H,10,11). The molecule has 0 unspecified atom stereocenters. The lowest BCUT2D eigenvalue weighted by Crippen LogP contribution is -2.61. The van der Waals surface area contributed by atoms with E-state index in [-0.39, 0.29) is 137 Å². The van der Waals surface area contributed by atoms with E-state index < -0.39 is 0 Å². The molecule has 4 aliphatic heterocycles. The Hall–Kier alpha value is -7.43. The maximum Gasteiger partial charge on any atom is 0.317 e. The number of carbonyl (C=O) groups excluding carboxylic acids is 12. The van der Waals surface area contributed by atoms with Crippen molar-refractivity contribution < 1.29 is 62.3 Å². The van der Waals surface area contributed by atoms with Gasteiger partial charge >= 0.3 is 6.03 Å². The van der Waals surface area contributed by atoms with Crippen LogP contribution in [-0.2, 0) is 64.0 Å². The number of nitrogens with one attached hydrogen (secondary N) is 9. The second kappa shape index (κ2) is 47.4. The number of amides is 13. The molecule has 5 heterocycles. The van der Waals surface area contributed by atoms with E-state index in [0.29, 0.717) is 105 Å². The molecule has 0 aliphatic carbocycles. The van der Waals surface area contributed by atoms with Gasteiger partial charge in [0.2, 0.25) is 65.0 Å². The van der Waals surface area contributed by atoms with E-state index in [9.17, 15) is 57.5 Å². The van der Waals surface area contributed by atoms with Crippen molar-refractivity contribution in [3.05, 3.63) is 17.5 Å². The summed E-state index contributed by atoms with van der Waals surface area (Å²) in [5, 5.41) is 29.1. The fourth-order valence-corrected chi connectivity index (χ4v) is 7.63. The van der Waals surface area contributed by atoms with Gasteiger partial charge in [0.05, 0.1) is 44.1 Å². The van der Waals surface area contributed by atoms with Gasteiger partial charge in [0.1, 0.15) is 0 Å². The summed E-state index contributed by atoms with van der Waals surface area (Å²) in [6, 6.07) is 2.33. The number of hydrogen-bond acceptors (Lipinski definition) is 15. The number of nitrogens with two attached hydrogens (primary N) is 1. The second-order valence-corrected chi connectivity index (χ2v) is 26.2. The average molecular weight is 1340 g/mol. The Morgan fingerprint density at radius 2 is 0.957 bits per heavy atom. The van der Waals surface area contributed by atoms with E-state index in [1.807, 2.05) is 128 Å². The molecule has 11 N–H and O–H groups in total. The Kier molecular flexibility index (Phi) is 44.7. The van der Waals surface area contributed by atoms with E-state index >= 15 is 0 Å². The minimum absolute atomic E-state index is 0.00216. The van der Waals surface area contributed by atoms with Gasteiger partial charge in [-0.05, 0) is 33.8 Å². The number of aromatic nitrogens is 2. The lowest BCUT2D eigenvalue weighted by molar-refractivity contribution is -0.138. The highest BCUT2D eigenvalue weighted by Crippen LogP contribution is 2.11. The Balaban J connectivity index is 0. The summed E-state index contributed by atoms with van der Waals surface area (Å²) in [5.74, 6) is 0.428. The van der Waals surface area contributed by atoms with Crippen molar-refractivity contribution in [3.63, 3.8) is 0 Å². The number of ether oxygens (including phenoxy) is 1. The van der Waals surface area contributed by atoms with Crippen molar-refractivity contribution in [2.24, 2.45) is 47.2 Å². The number of nitrogens with zero attached hydrogens (tertiary/aromatic N) is 6. The Labute approximate surface area is 560 Å². The highest BCUT2D eigenvalue weighted by Gasteiger charge is 2.32. The molecular weight excluding hydrogens is 1210 g/mol. The van der Waals surface area contributed by atoms with E-state index in [1.54, 1.807) is 40.4 Å². The molecule has 13 amide bonds. The molecule has 94 heavy (non-hydrogen) atoms. The summed E-state index contributed by atoms with van der Waals surface area (Å²) in [6.45, 7) is 49.1. The Morgan fingerprint density at radius 3 is 1.33 bits per heavy atom. The van der Waals surface area contributed by atoms with Crippen LogP contribution in [0.4, 0.5) is 4.79 Å². The van der Waals surface area contributed by atoms with Crippen molar-refractivity contribution in [2.75, 3.05) is 111 Å². The molecule has 540 valence electrons. The van der Waals surface area contributed by atoms with Crippen LogP contribution in [0.3, 0.4) is 0 Å². The van der Waals surface area contributed by atoms with Crippen LogP contribution in [0, 0.1) is 55.3 Å². The van der Waals surface area contributed by atoms with Crippen LogP contribution < -0.4 is 53.6 Å². The lowest BCUT2D eigenvalue weighted by atomic mass is 10.1. The first-order valence-electron chi connectivity index (χ1n) is 33.1. The zero-order valence-corrected chi connectivity index (χ0v) is 60.8. The van der Waals surface area contributed by atoms with Crippen LogP contribution in [-0.4, -0.2) is 229 Å². The highest BCUT2D eigenvalue weighted by molar-refractivity contribution is 5.86. The second-order valence-electron chi connectivity index (χ2n) is 26.2. The molecule has 4 aliphatic rings. The van der Waals surface area contributed by atoms with E-state index in [2.05, 4.69) is 52.9 Å². The van der Waals surface area contributed by atoms with Crippen molar-refractivity contribution in [2.45, 2.75) is 176 Å². The Morgan fingerprint density at radius 1 is 0.553 bits per heavy atom. The van der Waals surface area contributed by atoms with Gasteiger partial charge in [-0.25, -0.2) is 4.79 Å². The number of urea groups is 1. The molecule has 1 aromatic rings. The monoisotopic (exact) mass is 1330 g/mol. The van der Waals surface area contributed by atoms with Crippen molar-refractivity contribution in [1.29, 1.82) is 0 Å². The molecule has 0 bridgehead atoms. The summed E-state index contributed by atoms with van der Waals surface area (Å²) >= 11 is 0. The van der Waals surface area contributed by atoms with Gasteiger partial charge in [0, 0.05) is 165 Å². The number of aryl methyl sites for hydroxylation is 2. The first-order chi connectivity index (χ1) is 43.6. The number of hydrogen-bond donors (Lipinski definition) is 10. The average Bonchev–Trinajstić information content (AvgIpc) is 1.19. The van der Waals surface area contributed by atoms with Crippen LogP contribution >= 0.6 is 0 Å². The molecule has 29 nitrogen and oxygen atoms in total. The highest BCUT2D eigenvalue weighted by atomic mass is 16.5. The van der Waals surface area contributed by atoms with Crippen LogP contribution in [0.1, 0.15) is 149 Å². The topological polar surface area (TPSA) is 379 Å². The molecular formula is C65H122N16O13. The molecule has 0 radical (unpaired) electrons. The molecule has 0 aromatic carbocycles. The van der Waals surface area contributed by atoms with Crippen LogP contribution in [0.2, 0.25) is 0 Å². The first kappa shape index (κ1) is 88.6. The maximum absolute atomic E-state index is 11.6. The predicted octanol–water partition coefficient (Wildman–Crippen LogP) is 1.43. The van der Waals surface area contributed by atoms with Gasteiger partial charge < -0.3 is 77.9 Å². The van der Waals surface area contributed by atoms with Gasteiger partial charge in [-0.1, -0.05) is 104 Å². The summed E-state index contributed by atoms with van der Waals surface area (Å²) in [4.78, 5) is 140. The summed E-state index contributed by atoms with van der Waals surface area (Å²) < 4.78 is 7.05. The first-order valence-corrected chi connectivity index (χ1v) is 33.1. The van der Waals surface area contributed by atoms with Crippen LogP contribution in [0.25, 0.3) is 0 Å². The smallest absolute Gasteiger partial charge is 0.317 e. The van der Waals surface area contributed by atoms with Gasteiger partial charge in [-0.15, -0.1) is 0 Å². The fraction of sp³-hybridized carbons (Fsp3) is 0.769. The Bertz CT molecular complexity index is 2490. The zero-order valence-electron chi connectivity index (χ0n) is 60.8. The van der Waals surface area contributed by atoms with Gasteiger partial charge in [0.15, 0.2) is 0 Å². The molecule has 1 aromatic heterocycles. The predicted molar refractivity (Wildman–Crippen MR) is 363 cm³/mol. The van der Waals surface area contributed by atoms with Gasteiger partial charge in [-0.2, -0.15) is 5.10 Å². The normalized spacial score (nSPS) is 14.2. The van der Waals surface area contributed by atoms with Gasteiger partial charge in [-0.3, -0.25) is 57.4 Å². The summed E-state index contributed by atoms with van der Waals surface area (Å²) in [5.41, 5.74) is 7.50. The van der Waals surface area contributed by atoms with Crippen molar-refractivity contribution in [1.82, 2.24) is 77.2 Å². The number of morpholine rings is 1. The minimum atomic E-state index is -0.315. The summed E-state index contributed by atoms with van der Waals surface area (Å²) in [7, 11) is 0. The number of rotatable bonds is 23. The van der Waals surface area contributed by atoms with Crippen molar-refractivity contribution in [3.8, 4) is 0 Å². The van der Waals surface area contributed by atoms with E-state index in [1.165, 1.54) is 6.92 Å². The summed E-state index contributed by atoms with van der Waals surface area (Å²) in [6.07, 6.45) is 0.546. The maximum atomic E-state index is 11.6. The molecule has 29 heteroatoms. The van der Waals surface area contributed by atoms with Gasteiger partial charge in [0.25, 0.3) is 0 Å². The number of carbonyl (C=O) groups is 12. The molecule has 4 saturated heterocycles. The molecule has 0 spiro atoms. The van der Waals surface area contributed by atoms with E-state index in [0.717, 1.165) is 24.5 Å². The zero-order chi connectivity index (χ0) is 72.6. The van der Waals surface area contributed by atoms with Crippen LogP contribution in [0.5, 0.6) is 0 Å². The molecule has 4 fully saturated rings. The van der Waals surface area contributed by atoms with E-state index in [4.69, 9.17) is 10.5 Å². The third-order valence-electron chi connectivity index (χ3n) is 13.9. The quantitative estimate of drug-likeness (QED) is 0.0693. The molecule has 0 saturated carbocycles. The third kappa shape index (κ3) is 42.0. The molecule has 5 rings (SSSR count). The lowest BCUT2D eigenvalue weighted by Gasteiger charge is -2.39. The molecule has 0 atom stereocenters. The fourth-order valence-electron chi connectivity index (χ4n) is 7.63. The SMILES string of the molecule is CC(=O)N1CC(NC(=O)C(C)C)C1.CC(=O)NCCNC(=O)C(C)C.CC(C)C(=O)NCC(=O)N1CCOCC1.CC(C)C(=O)NCC(C)(C)N.CC(C)C(=O)NCCN1CCNC1=O.CCC(=O)N1CC(NC(=O)C(C)C)C1.Cc1cc(C)n(CCNC(=O)C(C)C)n1. The minimum Gasteiger partial charge on any atom is -0.378 e. The van der Waals surface area contributed by atoms with Crippen molar-refractivity contribution >= 4 is 71.0 Å². The van der Waals surface area contributed by atoms with Crippen LogP contribution in [0.15, 0.2) is 6.07 Å². The largest absolute Gasteiger partial charge is 0.378 e. The number of likely N-dealkylation sites (tertiary alicyclic amines) is 2. The third-order valence-corrected chi connectivity index (χ3v) is 13.9.